The lowest BCUT2D eigenvalue weighted by molar-refractivity contribution is 0.109. The van der Waals surface area contributed by atoms with Crippen LogP contribution in [0.5, 0.6) is 5.88 Å². The Hall–Kier alpha value is -2.08. The third-order valence-electron chi connectivity index (χ3n) is 2.56. The Labute approximate surface area is 118 Å². The van der Waals surface area contributed by atoms with Crippen molar-refractivity contribution in [3.8, 4) is 5.88 Å². The Morgan fingerprint density at radius 1 is 1.53 bits per heavy atom. The van der Waals surface area contributed by atoms with Crippen molar-refractivity contribution in [1.29, 1.82) is 0 Å². The molecule has 0 amide bonds. The fourth-order valence-corrected chi connectivity index (χ4v) is 2.03. The average Bonchev–Trinajstić information content (AvgIpc) is 2.81. The van der Waals surface area contributed by atoms with E-state index in [1.807, 2.05) is 6.07 Å². The van der Waals surface area contributed by atoms with Crippen molar-refractivity contribution in [3.63, 3.8) is 0 Å². The highest BCUT2D eigenvalue weighted by Crippen LogP contribution is 2.20. The van der Waals surface area contributed by atoms with Crippen molar-refractivity contribution >= 4 is 26.7 Å². The molecule has 0 fully saturated rings. The highest BCUT2D eigenvalue weighted by atomic mass is 79.9. The van der Waals surface area contributed by atoms with Crippen molar-refractivity contribution in [2.24, 2.45) is 0 Å². The highest BCUT2D eigenvalue weighted by Gasteiger charge is 2.12. The molecular weight excluding hydrogens is 312 g/mol. The fourth-order valence-electron chi connectivity index (χ4n) is 1.66. The number of carbonyl (C=O) groups excluding carboxylic acids is 1. The van der Waals surface area contributed by atoms with Crippen molar-refractivity contribution in [2.45, 2.75) is 6.61 Å². The summed E-state index contributed by atoms with van der Waals surface area (Å²) < 4.78 is 5.21. The summed E-state index contributed by atoms with van der Waals surface area (Å²) in [5.41, 5.74) is 2.04. The van der Waals surface area contributed by atoms with Gasteiger partial charge in [0.15, 0.2) is 0 Å². The predicted molar refractivity (Wildman–Crippen MR) is 73.5 cm³/mol. The van der Waals surface area contributed by atoms with E-state index in [1.165, 1.54) is 12.3 Å². The van der Waals surface area contributed by atoms with Crippen molar-refractivity contribution in [3.05, 3.63) is 53.7 Å². The topological polar surface area (TPSA) is 64.3 Å². The van der Waals surface area contributed by atoms with E-state index in [4.69, 9.17) is 9.94 Å². The second-order valence-electron chi connectivity index (χ2n) is 3.71. The summed E-state index contributed by atoms with van der Waals surface area (Å²) >= 11 is 2.94. The lowest BCUT2D eigenvalue weighted by Crippen LogP contribution is -2.05. The Bertz CT molecular complexity index is 622. The number of aromatic nitrogens is 2. The van der Waals surface area contributed by atoms with Crippen LogP contribution in [0.15, 0.2) is 37.0 Å². The van der Waals surface area contributed by atoms with Gasteiger partial charge in [0.25, 0.3) is 0 Å². The van der Waals surface area contributed by atoms with Gasteiger partial charge in [0, 0.05) is 17.2 Å². The molecule has 0 saturated carbocycles. The smallest absolute Gasteiger partial charge is 0.236 e. The summed E-state index contributed by atoms with van der Waals surface area (Å²) in [7, 11) is 0. The van der Waals surface area contributed by atoms with Crippen LogP contribution < -0.4 is 4.74 Å². The maximum Gasteiger partial charge on any atom is 0.236 e. The van der Waals surface area contributed by atoms with E-state index < -0.39 is 0 Å². The van der Waals surface area contributed by atoms with Crippen LogP contribution in [0.1, 0.15) is 21.5 Å². The minimum absolute atomic E-state index is 0.159. The Balaban J connectivity index is 2.27. The fraction of sp³-hybridized carbons (Fsp3) is 0.0769. The van der Waals surface area contributed by atoms with E-state index in [2.05, 4.69) is 27.6 Å². The molecule has 5 nitrogen and oxygen atoms in total. The number of nitrogens with zero attached hydrogens (tertiary/aromatic N) is 2. The molecule has 0 atom stereocenters. The van der Waals surface area contributed by atoms with Crippen LogP contribution in [0, 0.1) is 0 Å². The second-order valence-corrected chi connectivity index (χ2v) is 4.43. The molecule has 2 aromatic rings. The van der Waals surface area contributed by atoms with Gasteiger partial charge >= 0.3 is 0 Å². The molecular formula is C13H11BrN2O3. The quantitative estimate of drug-likeness (QED) is 0.679. The molecule has 0 saturated heterocycles. The number of benzene rings is 1. The molecule has 6 heteroatoms. The second kappa shape index (κ2) is 5.71. The van der Waals surface area contributed by atoms with Gasteiger partial charge in [-0.05, 0) is 21.5 Å². The van der Waals surface area contributed by atoms with Crippen molar-refractivity contribution in [1.82, 2.24) is 9.94 Å². The number of rotatable bonds is 5. The number of carbonyl (C=O) groups is 1. The Kier molecular flexibility index (Phi) is 4.01. The average molecular weight is 323 g/mol. The minimum Gasteiger partial charge on any atom is -0.472 e. The molecule has 19 heavy (non-hydrogen) atoms. The van der Waals surface area contributed by atoms with Gasteiger partial charge in [-0.1, -0.05) is 36.0 Å². The maximum absolute atomic E-state index is 11.5. The standard InChI is InChI=1S/C13H11BrN2O3/c1-2-9-4-3-5-10(13(14)17)11(9)8-19-12-6-7-16(18)15-12/h2-7,18H,1,8H2. The maximum atomic E-state index is 11.5. The third kappa shape index (κ3) is 3.03. The summed E-state index contributed by atoms with van der Waals surface area (Å²) in [4.78, 5) is 12.2. The van der Waals surface area contributed by atoms with Crippen LogP contribution in [-0.2, 0) is 6.61 Å². The Morgan fingerprint density at radius 3 is 2.89 bits per heavy atom. The van der Waals surface area contributed by atoms with Crippen molar-refractivity contribution < 1.29 is 14.7 Å². The molecule has 1 N–H and O–H groups in total. The molecule has 2 rings (SSSR count). The summed E-state index contributed by atoms with van der Waals surface area (Å²) in [5, 5.41) is 12.7. The lowest BCUT2D eigenvalue weighted by atomic mass is 10.0. The molecule has 0 aliphatic carbocycles. The van der Waals surface area contributed by atoms with Gasteiger partial charge < -0.3 is 9.94 Å². The Morgan fingerprint density at radius 2 is 2.32 bits per heavy atom. The zero-order chi connectivity index (χ0) is 13.8. The first-order valence-electron chi connectivity index (χ1n) is 5.43. The molecule has 98 valence electrons. The minimum atomic E-state index is -0.220. The van der Waals surface area contributed by atoms with Gasteiger partial charge in [0.1, 0.15) is 6.61 Å². The van der Waals surface area contributed by atoms with Crippen LogP contribution >= 0.6 is 15.9 Å². The third-order valence-corrected chi connectivity index (χ3v) is 2.99. The molecule has 0 spiro atoms. The van der Waals surface area contributed by atoms with Crippen LogP contribution in [0.4, 0.5) is 0 Å². The molecule has 0 unspecified atom stereocenters. The molecule has 1 heterocycles. The first-order valence-corrected chi connectivity index (χ1v) is 6.23. The van der Waals surface area contributed by atoms with E-state index in [0.717, 1.165) is 5.56 Å². The summed E-state index contributed by atoms with van der Waals surface area (Å²) in [6, 6.07) is 6.84. The molecule has 0 aliphatic heterocycles. The van der Waals surface area contributed by atoms with Crippen LogP contribution in [0.3, 0.4) is 0 Å². The summed E-state index contributed by atoms with van der Waals surface area (Å²) in [6.45, 7) is 3.87. The number of hydrogen-bond donors (Lipinski definition) is 1. The van der Waals surface area contributed by atoms with Gasteiger partial charge in [0.05, 0.1) is 6.20 Å². The monoisotopic (exact) mass is 322 g/mol. The number of ether oxygens (including phenoxy) is 1. The largest absolute Gasteiger partial charge is 0.472 e. The molecule has 0 aliphatic rings. The van der Waals surface area contributed by atoms with E-state index >= 15 is 0 Å². The van der Waals surface area contributed by atoms with Crippen LogP contribution in [-0.4, -0.2) is 19.8 Å². The first-order chi connectivity index (χ1) is 9.11. The van der Waals surface area contributed by atoms with E-state index in [-0.39, 0.29) is 17.2 Å². The van der Waals surface area contributed by atoms with Gasteiger partial charge in [-0.3, -0.25) is 4.79 Å². The van der Waals surface area contributed by atoms with Gasteiger partial charge in [-0.2, -0.15) is 0 Å². The van der Waals surface area contributed by atoms with Crippen LogP contribution in [0.2, 0.25) is 0 Å². The van der Waals surface area contributed by atoms with Crippen molar-refractivity contribution in [2.75, 3.05) is 0 Å². The molecule has 0 radical (unpaired) electrons. The van der Waals surface area contributed by atoms with Crippen LogP contribution in [0.25, 0.3) is 6.08 Å². The normalized spacial score (nSPS) is 10.2. The number of halogens is 1. The van der Waals surface area contributed by atoms with Gasteiger partial charge in [0.2, 0.25) is 10.6 Å². The first kappa shape index (κ1) is 13.4. The van der Waals surface area contributed by atoms with E-state index in [0.29, 0.717) is 16.0 Å². The number of hydrogen-bond acceptors (Lipinski definition) is 4. The zero-order valence-electron chi connectivity index (χ0n) is 9.91. The van der Waals surface area contributed by atoms with E-state index in [9.17, 15) is 4.79 Å². The SMILES string of the molecule is C=Cc1cccc(C(=O)Br)c1COc1ccn(O)n1. The summed E-state index contributed by atoms with van der Waals surface area (Å²) in [6.07, 6.45) is 3.01. The predicted octanol–water partition coefficient (Wildman–Crippen LogP) is 2.88. The van der Waals surface area contributed by atoms with E-state index in [1.54, 1.807) is 18.2 Å². The molecule has 0 bridgehead atoms. The lowest BCUT2D eigenvalue weighted by Gasteiger charge is -2.10. The highest BCUT2D eigenvalue weighted by molar-refractivity contribution is 9.18. The summed E-state index contributed by atoms with van der Waals surface area (Å²) in [5.74, 6) is 0.273. The molecule has 1 aromatic heterocycles. The van der Waals surface area contributed by atoms with Gasteiger partial charge in [-0.15, -0.1) is 4.85 Å². The molecule has 1 aromatic carbocycles. The van der Waals surface area contributed by atoms with Gasteiger partial charge in [-0.25, -0.2) is 0 Å². The zero-order valence-corrected chi connectivity index (χ0v) is 11.5.